The van der Waals surface area contributed by atoms with Crippen molar-refractivity contribution in [3.63, 3.8) is 0 Å². The minimum Gasteiger partial charge on any atom is -0.496 e. The van der Waals surface area contributed by atoms with Gasteiger partial charge in [-0.15, -0.1) is 0 Å². The molecule has 0 radical (unpaired) electrons. The number of guanidine groups is 1. The molecule has 0 spiro atoms. The maximum absolute atomic E-state index is 12.1. The number of rotatable bonds is 9. The first-order valence-corrected chi connectivity index (χ1v) is 10.2. The van der Waals surface area contributed by atoms with Crippen LogP contribution in [0.25, 0.3) is 0 Å². The molecule has 150 valence electrons. The largest absolute Gasteiger partial charge is 0.496 e. The fraction of sp³-hybridized carbons (Fsp3) is 0.619. The van der Waals surface area contributed by atoms with E-state index in [1.165, 1.54) is 19.3 Å². The smallest absolute Gasteiger partial charge is 0.222 e. The minimum atomic E-state index is 0.107. The van der Waals surface area contributed by atoms with Gasteiger partial charge in [0.2, 0.25) is 5.91 Å². The van der Waals surface area contributed by atoms with Crippen molar-refractivity contribution in [2.24, 2.45) is 4.99 Å². The highest BCUT2D eigenvalue weighted by Gasteiger charge is 2.15. The Morgan fingerprint density at radius 2 is 1.96 bits per heavy atom. The van der Waals surface area contributed by atoms with Gasteiger partial charge in [0.1, 0.15) is 5.75 Å². The number of carbonyl (C=O) groups excluding carboxylic acids is 1. The van der Waals surface area contributed by atoms with E-state index in [9.17, 15) is 4.79 Å². The maximum atomic E-state index is 12.1. The number of carbonyl (C=O) groups is 1. The van der Waals surface area contributed by atoms with Gasteiger partial charge in [-0.3, -0.25) is 9.79 Å². The molecule has 2 rings (SSSR count). The number of ether oxygens (including phenoxy) is 1. The second kappa shape index (κ2) is 12.2. The van der Waals surface area contributed by atoms with Crippen molar-refractivity contribution >= 4 is 11.9 Å². The van der Waals surface area contributed by atoms with Crippen molar-refractivity contribution in [1.82, 2.24) is 16.0 Å². The van der Waals surface area contributed by atoms with Crippen LogP contribution in [0.4, 0.5) is 0 Å². The number of aliphatic imine (C=N–C) groups is 1. The second-order valence-corrected chi connectivity index (χ2v) is 6.90. The summed E-state index contributed by atoms with van der Waals surface area (Å²) in [7, 11) is 1.69. The van der Waals surface area contributed by atoms with Gasteiger partial charge in [0.25, 0.3) is 0 Å². The Morgan fingerprint density at radius 1 is 1.19 bits per heavy atom. The van der Waals surface area contributed by atoms with Crippen LogP contribution in [0.5, 0.6) is 5.75 Å². The van der Waals surface area contributed by atoms with Crippen LogP contribution < -0.4 is 20.7 Å². The molecule has 0 aliphatic heterocycles. The molecule has 1 amide bonds. The number of amides is 1. The normalized spacial score (nSPS) is 15.3. The molecule has 0 bridgehead atoms. The minimum absolute atomic E-state index is 0.107. The summed E-state index contributed by atoms with van der Waals surface area (Å²) < 4.78 is 5.39. The predicted octanol–water partition coefficient (Wildman–Crippen LogP) is 2.63. The van der Waals surface area contributed by atoms with Crippen LogP contribution >= 0.6 is 0 Å². The van der Waals surface area contributed by atoms with E-state index in [2.05, 4.69) is 27.0 Å². The molecular formula is C21H34N4O2. The number of nitrogens with one attached hydrogen (secondary N) is 3. The zero-order valence-electron chi connectivity index (χ0n) is 16.7. The molecule has 0 unspecified atom stereocenters. The standard InChI is InChI=1S/C21H34N4O2/c1-3-22-21(23-15-13-17-9-7-8-12-19(17)27-2)24-16-14-20(26)25-18-10-5-4-6-11-18/h7-9,12,18H,3-6,10-11,13-16H2,1-2H3,(H,25,26)(H2,22,23,24). The first kappa shape index (κ1) is 21.1. The third-order valence-electron chi connectivity index (χ3n) is 4.80. The average Bonchev–Trinajstić information content (AvgIpc) is 2.69. The highest BCUT2D eigenvalue weighted by Crippen LogP contribution is 2.18. The Hall–Kier alpha value is -2.24. The summed E-state index contributed by atoms with van der Waals surface area (Å²) in [5.74, 6) is 1.76. The van der Waals surface area contributed by atoms with Crippen LogP contribution in [0.3, 0.4) is 0 Å². The summed E-state index contributed by atoms with van der Waals surface area (Å²) in [6.07, 6.45) is 7.25. The molecular weight excluding hydrogens is 340 g/mol. The van der Waals surface area contributed by atoms with Crippen molar-refractivity contribution in [2.45, 2.75) is 57.9 Å². The predicted molar refractivity (Wildman–Crippen MR) is 110 cm³/mol. The highest BCUT2D eigenvalue weighted by atomic mass is 16.5. The fourth-order valence-corrected chi connectivity index (χ4v) is 3.38. The molecule has 3 N–H and O–H groups in total. The van der Waals surface area contributed by atoms with Crippen molar-refractivity contribution in [2.75, 3.05) is 26.7 Å². The molecule has 1 aliphatic rings. The lowest BCUT2D eigenvalue weighted by Gasteiger charge is -2.22. The van der Waals surface area contributed by atoms with Crippen LogP contribution in [0.15, 0.2) is 29.3 Å². The number of nitrogens with zero attached hydrogens (tertiary/aromatic N) is 1. The molecule has 1 fully saturated rings. The lowest BCUT2D eigenvalue weighted by Crippen LogP contribution is -2.39. The summed E-state index contributed by atoms with van der Waals surface area (Å²) in [5.41, 5.74) is 1.16. The lowest BCUT2D eigenvalue weighted by atomic mass is 9.95. The van der Waals surface area contributed by atoms with Crippen LogP contribution in [0.1, 0.15) is 51.0 Å². The zero-order valence-corrected chi connectivity index (χ0v) is 16.7. The molecule has 27 heavy (non-hydrogen) atoms. The van der Waals surface area contributed by atoms with E-state index in [1.54, 1.807) is 7.11 Å². The average molecular weight is 375 g/mol. The maximum Gasteiger partial charge on any atom is 0.222 e. The molecule has 6 nitrogen and oxygen atoms in total. The monoisotopic (exact) mass is 374 g/mol. The third-order valence-corrected chi connectivity index (χ3v) is 4.80. The summed E-state index contributed by atoms with van der Waals surface area (Å²) in [6.45, 7) is 4.06. The summed E-state index contributed by atoms with van der Waals surface area (Å²) in [5, 5.41) is 9.69. The third kappa shape index (κ3) is 7.89. The highest BCUT2D eigenvalue weighted by molar-refractivity contribution is 5.80. The number of para-hydroxylation sites is 1. The van der Waals surface area contributed by atoms with Gasteiger partial charge >= 0.3 is 0 Å². The SMILES string of the molecule is CCNC(=NCCC(=O)NC1CCCCC1)NCCc1ccccc1OC. The van der Waals surface area contributed by atoms with Crippen LogP contribution in [0, 0.1) is 0 Å². The summed E-state index contributed by atoms with van der Waals surface area (Å²) in [6, 6.07) is 8.39. The Kier molecular flexibility index (Phi) is 9.52. The van der Waals surface area contributed by atoms with Gasteiger partial charge in [-0.2, -0.15) is 0 Å². The zero-order chi connectivity index (χ0) is 19.3. The second-order valence-electron chi connectivity index (χ2n) is 6.90. The van der Waals surface area contributed by atoms with Crippen molar-refractivity contribution in [1.29, 1.82) is 0 Å². The van der Waals surface area contributed by atoms with Crippen LogP contribution in [-0.4, -0.2) is 44.7 Å². The van der Waals surface area contributed by atoms with Gasteiger partial charge in [0, 0.05) is 25.6 Å². The topological polar surface area (TPSA) is 74.8 Å². The van der Waals surface area contributed by atoms with Crippen LogP contribution in [-0.2, 0) is 11.2 Å². The van der Waals surface area contributed by atoms with Crippen molar-refractivity contribution in [3.8, 4) is 5.75 Å². The fourth-order valence-electron chi connectivity index (χ4n) is 3.38. The van der Waals surface area contributed by atoms with E-state index in [1.807, 2.05) is 25.1 Å². The van der Waals surface area contributed by atoms with E-state index in [0.717, 1.165) is 49.6 Å². The quantitative estimate of drug-likeness (QED) is 0.459. The molecule has 0 aromatic heterocycles. The number of hydrogen-bond acceptors (Lipinski definition) is 3. The van der Waals surface area contributed by atoms with Gasteiger partial charge in [0.15, 0.2) is 5.96 Å². The molecule has 1 aromatic carbocycles. The van der Waals surface area contributed by atoms with Crippen molar-refractivity contribution in [3.05, 3.63) is 29.8 Å². The molecule has 0 atom stereocenters. The van der Waals surface area contributed by atoms with Crippen LogP contribution in [0.2, 0.25) is 0 Å². The Morgan fingerprint density at radius 3 is 2.70 bits per heavy atom. The van der Waals surface area contributed by atoms with Gasteiger partial charge in [-0.1, -0.05) is 37.5 Å². The lowest BCUT2D eigenvalue weighted by molar-refractivity contribution is -0.121. The van der Waals surface area contributed by atoms with E-state index in [0.29, 0.717) is 19.0 Å². The number of methoxy groups -OCH3 is 1. The van der Waals surface area contributed by atoms with E-state index >= 15 is 0 Å². The molecule has 1 saturated carbocycles. The first-order chi connectivity index (χ1) is 13.2. The number of benzene rings is 1. The molecule has 6 heteroatoms. The van der Waals surface area contributed by atoms with E-state index in [-0.39, 0.29) is 5.91 Å². The van der Waals surface area contributed by atoms with E-state index < -0.39 is 0 Å². The molecule has 1 aliphatic carbocycles. The van der Waals surface area contributed by atoms with Gasteiger partial charge < -0.3 is 20.7 Å². The van der Waals surface area contributed by atoms with E-state index in [4.69, 9.17) is 4.74 Å². The molecule has 0 heterocycles. The summed E-state index contributed by atoms with van der Waals surface area (Å²) >= 11 is 0. The van der Waals surface area contributed by atoms with Gasteiger partial charge in [0.05, 0.1) is 13.7 Å². The molecule has 0 saturated heterocycles. The molecule has 1 aromatic rings. The Labute approximate surface area is 163 Å². The Bertz CT molecular complexity index is 598. The number of hydrogen-bond donors (Lipinski definition) is 3. The van der Waals surface area contributed by atoms with Gasteiger partial charge in [-0.05, 0) is 37.8 Å². The first-order valence-electron chi connectivity index (χ1n) is 10.2. The van der Waals surface area contributed by atoms with Crippen molar-refractivity contribution < 1.29 is 9.53 Å². The Balaban J connectivity index is 1.73. The summed E-state index contributed by atoms with van der Waals surface area (Å²) in [4.78, 5) is 16.6. The van der Waals surface area contributed by atoms with Gasteiger partial charge in [-0.25, -0.2) is 0 Å².